The molecule has 0 spiro atoms. The van der Waals surface area contributed by atoms with Crippen molar-refractivity contribution in [1.29, 1.82) is 0 Å². The second-order valence-corrected chi connectivity index (χ2v) is 10.3. The largest absolute Gasteiger partial charge is 0.384 e. The highest BCUT2D eigenvalue weighted by molar-refractivity contribution is 8.27. The first-order valence-corrected chi connectivity index (χ1v) is 12.0. The second kappa shape index (κ2) is 9.17. The van der Waals surface area contributed by atoms with Gasteiger partial charge >= 0.3 is 0 Å². The number of anilines is 1. The fourth-order valence-electron chi connectivity index (χ4n) is 2.72. The summed E-state index contributed by atoms with van der Waals surface area (Å²) in [5.74, 6) is -0.0849. The van der Waals surface area contributed by atoms with Crippen LogP contribution in [0.25, 0.3) is 0 Å². The van der Waals surface area contributed by atoms with E-state index in [1.54, 1.807) is 61.9 Å². The molecule has 0 saturated carbocycles. The van der Waals surface area contributed by atoms with E-state index in [1.165, 1.54) is 11.3 Å². The number of aryl methyl sites for hydroxylation is 1. The lowest BCUT2D eigenvalue weighted by atomic mass is 10.1. The Balaban J connectivity index is 1.60. The summed E-state index contributed by atoms with van der Waals surface area (Å²) in [6.45, 7) is 3.61. The van der Waals surface area contributed by atoms with Gasteiger partial charge in [0.05, 0.1) is 4.90 Å². The Labute approximate surface area is 190 Å². The van der Waals surface area contributed by atoms with E-state index in [2.05, 4.69) is 25.4 Å². The molecule has 166 valence electrons. The van der Waals surface area contributed by atoms with Crippen molar-refractivity contribution in [2.24, 2.45) is 5.16 Å². The van der Waals surface area contributed by atoms with Crippen LogP contribution in [0.1, 0.15) is 35.7 Å². The first-order chi connectivity index (χ1) is 15.3. The standard InChI is InChI=1S/C21H21N5O4S2/c1-13-12-24-21(31-13)25-20(27)18(26-30-14(2)19-22-10-3-11-23-19)15-4-6-16(7-5-15)32(28,29)17-8-9-17/h3-8,10-12,14,28-29H,9H2,1-2H3,(H,24,25,27). The molecular weight excluding hydrogens is 450 g/mol. The minimum Gasteiger partial charge on any atom is -0.384 e. The highest BCUT2D eigenvalue weighted by Crippen LogP contribution is 2.61. The molecule has 0 aliphatic heterocycles. The summed E-state index contributed by atoms with van der Waals surface area (Å²) in [7, 11) is -2.97. The molecule has 9 nitrogen and oxygen atoms in total. The average Bonchev–Trinajstić information content (AvgIpc) is 3.58. The molecule has 0 radical (unpaired) electrons. The number of amides is 1. The molecule has 1 unspecified atom stereocenters. The summed E-state index contributed by atoms with van der Waals surface area (Å²) < 4.78 is 20.8. The summed E-state index contributed by atoms with van der Waals surface area (Å²) in [6, 6.07) is 8.04. The van der Waals surface area contributed by atoms with Crippen LogP contribution in [0, 0.1) is 6.92 Å². The molecule has 4 rings (SSSR count). The number of nitrogens with one attached hydrogen (secondary N) is 1. The number of nitrogens with zero attached hydrogens (tertiary/aromatic N) is 4. The maximum Gasteiger partial charge on any atom is 0.280 e. The van der Waals surface area contributed by atoms with Gasteiger partial charge in [-0.05, 0) is 32.0 Å². The van der Waals surface area contributed by atoms with E-state index in [4.69, 9.17) is 4.84 Å². The van der Waals surface area contributed by atoms with E-state index in [9.17, 15) is 13.9 Å². The fourth-order valence-corrected chi connectivity index (χ4v) is 4.75. The number of carbonyl (C=O) groups is 1. The Bertz CT molecular complexity index is 1180. The van der Waals surface area contributed by atoms with Crippen LogP contribution in [-0.2, 0) is 9.63 Å². The van der Waals surface area contributed by atoms with Gasteiger partial charge in [0.1, 0.15) is 0 Å². The Morgan fingerprint density at radius 2 is 1.91 bits per heavy atom. The van der Waals surface area contributed by atoms with Crippen LogP contribution in [0.4, 0.5) is 5.13 Å². The van der Waals surface area contributed by atoms with Gasteiger partial charge < -0.3 is 4.84 Å². The van der Waals surface area contributed by atoms with E-state index in [0.717, 1.165) is 4.88 Å². The molecule has 3 N–H and O–H groups in total. The number of thiazole rings is 1. The Morgan fingerprint density at radius 1 is 1.22 bits per heavy atom. The monoisotopic (exact) mass is 471 g/mol. The summed E-state index contributed by atoms with van der Waals surface area (Å²) in [4.78, 5) is 32.9. The third-order valence-electron chi connectivity index (χ3n) is 4.50. The zero-order chi connectivity index (χ0) is 22.7. The molecule has 1 aromatic carbocycles. The molecule has 2 heterocycles. The summed E-state index contributed by atoms with van der Waals surface area (Å²) in [6.07, 6.45) is 6.64. The van der Waals surface area contributed by atoms with Gasteiger partial charge in [0.25, 0.3) is 5.91 Å². The third-order valence-corrected chi connectivity index (χ3v) is 7.32. The minimum atomic E-state index is -2.97. The number of hydrogen-bond acceptors (Lipinski definition) is 9. The van der Waals surface area contributed by atoms with Crippen LogP contribution in [0.2, 0.25) is 0 Å². The quantitative estimate of drug-likeness (QED) is 0.319. The lowest BCUT2D eigenvalue weighted by Crippen LogP contribution is -2.24. The summed E-state index contributed by atoms with van der Waals surface area (Å²) in [5.41, 5.74) is 0.454. The Morgan fingerprint density at radius 3 is 2.50 bits per heavy atom. The predicted octanol–water partition coefficient (Wildman–Crippen LogP) is 4.76. The highest BCUT2D eigenvalue weighted by Gasteiger charge is 2.27. The third kappa shape index (κ3) is 5.02. The normalized spacial score (nSPS) is 15.0. The number of rotatable bonds is 8. The molecule has 0 fully saturated rings. The van der Waals surface area contributed by atoms with Crippen molar-refractivity contribution >= 4 is 38.7 Å². The van der Waals surface area contributed by atoms with Gasteiger partial charge in [0.2, 0.25) is 0 Å². The molecule has 1 amide bonds. The van der Waals surface area contributed by atoms with Gasteiger partial charge in [0.15, 0.2) is 22.8 Å². The van der Waals surface area contributed by atoms with E-state index in [0.29, 0.717) is 32.7 Å². The molecule has 1 atom stereocenters. The number of benzene rings is 1. The lowest BCUT2D eigenvalue weighted by molar-refractivity contribution is -0.110. The van der Waals surface area contributed by atoms with Crippen molar-refractivity contribution in [3.05, 3.63) is 76.2 Å². The molecule has 2 aromatic heterocycles. The molecule has 3 aromatic rings. The van der Waals surface area contributed by atoms with E-state index >= 15 is 0 Å². The van der Waals surface area contributed by atoms with Gasteiger partial charge in [-0.1, -0.05) is 23.4 Å². The smallest absolute Gasteiger partial charge is 0.280 e. The van der Waals surface area contributed by atoms with Gasteiger partial charge in [0, 0.05) is 40.4 Å². The van der Waals surface area contributed by atoms with Gasteiger partial charge in [-0.3, -0.25) is 19.2 Å². The summed E-state index contributed by atoms with van der Waals surface area (Å²) in [5, 5.41) is 7.24. The van der Waals surface area contributed by atoms with E-state index in [1.807, 2.05) is 6.92 Å². The molecule has 1 aliphatic rings. The number of aromatic nitrogens is 3. The Kier molecular flexibility index (Phi) is 6.33. The molecular formula is C21H21N5O4S2. The average molecular weight is 472 g/mol. The van der Waals surface area contributed by atoms with Crippen molar-refractivity contribution in [2.75, 3.05) is 5.32 Å². The topological polar surface area (TPSA) is 130 Å². The van der Waals surface area contributed by atoms with Crippen molar-refractivity contribution in [3.63, 3.8) is 0 Å². The molecule has 1 aliphatic carbocycles. The second-order valence-electron chi connectivity index (χ2n) is 6.97. The van der Waals surface area contributed by atoms with Crippen molar-refractivity contribution in [2.45, 2.75) is 31.3 Å². The predicted molar refractivity (Wildman–Crippen MR) is 124 cm³/mol. The van der Waals surface area contributed by atoms with Crippen molar-refractivity contribution < 1.29 is 18.7 Å². The Hall–Kier alpha value is -3.12. The first-order valence-electron chi connectivity index (χ1n) is 9.67. The summed E-state index contributed by atoms with van der Waals surface area (Å²) >= 11 is 1.34. The molecule has 0 saturated heterocycles. The number of oxime groups is 1. The van der Waals surface area contributed by atoms with Crippen molar-refractivity contribution in [1.82, 2.24) is 15.0 Å². The molecule has 0 bridgehead atoms. The van der Waals surface area contributed by atoms with Crippen molar-refractivity contribution in [3.8, 4) is 0 Å². The maximum absolute atomic E-state index is 13.0. The highest BCUT2D eigenvalue weighted by atomic mass is 32.3. The zero-order valence-corrected chi connectivity index (χ0v) is 18.9. The van der Waals surface area contributed by atoms with Crippen LogP contribution >= 0.6 is 21.9 Å². The molecule has 11 heteroatoms. The van der Waals surface area contributed by atoms with Crippen LogP contribution < -0.4 is 5.32 Å². The first kappa shape index (κ1) is 22.1. The van der Waals surface area contributed by atoms with E-state index in [-0.39, 0.29) is 5.71 Å². The van der Waals surface area contributed by atoms with Gasteiger partial charge in [-0.2, -0.15) is 0 Å². The van der Waals surface area contributed by atoms with Gasteiger partial charge in [-0.25, -0.2) is 15.0 Å². The maximum atomic E-state index is 13.0. The van der Waals surface area contributed by atoms with E-state index < -0.39 is 22.6 Å². The van der Waals surface area contributed by atoms with Crippen LogP contribution in [0.3, 0.4) is 0 Å². The SMILES string of the molecule is Cc1cnc(NC(=O)C(=NOC(C)c2ncccn2)c2ccc(S(O)(O)C3=CC3)cc2)s1. The number of allylic oxidation sites excluding steroid dienone is 2. The van der Waals surface area contributed by atoms with Crippen LogP contribution in [-0.4, -0.2) is 35.7 Å². The van der Waals surface area contributed by atoms with Gasteiger partial charge in [-0.15, -0.1) is 21.9 Å². The molecule has 32 heavy (non-hydrogen) atoms. The van der Waals surface area contributed by atoms with Crippen LogP contribution in [0.5, 0.6) is 0 Å². The zero-order valence-electron chi connectivity index (χ0n) is 17.3. The van der Waals surface area contributed by atoms with Crippen LogP contribution in [0.15, 0.2) is 70.0 Å². The number of carbonyl (C=O) groups excluding carboxylic acids is 1. The minimum absolute atomic E-state index is 0.00861. The fraction of sp³-hybridized carbons (Fsp3) is 0.190. The lowest BCUT2D eigenvalue weighted by Gasteiger charge is -2.30. The number of hydrogen-bond donors (Lipinski definition) is 3.